The molecule has 0 amide bonds. The van der Waals surface area contributed by atoms with Crippen LogP contribution in [0.15, 0.2) is 79.0 Å². The van der Waals surface area contributed by atoms with Crippen molar-refractivity contribution in [2.45, 2.75) is 157 Å². The zero-order valence-corrected chi connectivity index (χ0v) is 37.3. The van der Waals surface area contributed by atoms with Crippen LogP contribution in [0.25, 0.3) is 45.2 Å². The molecule has 0 fully saturated rings. The van der Waals surface area contributed by atoms with E-state index in [9.17, 15) is 0 Å². The van der Waals surface area contributed by atoms with E-state index in [-0.39, 0.29) is 37.9 Å². The van der Waals surface area contributed by atoms with Crippen LogP contribution >= 0.6 is 0 Å². The smallest absolute Gasteiger partial charge is 0.160 e. The predicted octanol–water partition coefficient (Wildman–Crippen LogP) is 14.3. The SMILES string of the molecule is CC(C)(C)c1cc(-c2cc(-c3ccc(-c4ccc5c(c4)C(C)(C)C(C)(C)C5(C)C)nc3)nc(-c3cc(C(C)(C)C)cc(C(C)(C)C)c3)n2)cc(C(C)(C)C)c1. The Labute approximate surface area is 333 Å². The number of pyridine rings is 1. The van der Waals surface area contributed by atoms with E-state index >= 15 is 0 Å². The molecule has 2 heterocycles. The maximum Gasteiger partial charge on any atom is 0.160 e. The van der Waals surface area contributed by atoms with Crippen molar-refractivity contribution in [2.24, 2.45) is 5.41 Å². The molecule has 0 saturated carbocycles. The van der Waals surface area contributed by atoms with E-state index in [1.165, 1.54) is 33.4 Å². The standard InChI is InChI=1S/C52H67N3/c1-46(2,3)36-23-34(24-37(28-36)47(4,5)6)44-30-43(54-45(55-44)35-25-38(48(7,8)9)29-39(26-35)49(10,11)12)33-20-22-42(53-31-33)32-19-21-40-41(27-32)51(15,16)52(17,18)50(40,13)14/h19-31H,1-18H3. The molecular formula is C52H67N3. The van der Waals surface area contributed by atoms with Gasteiger partial charge in [-0.15, -0.1) is 0 Å². The van der Waals surface area contributed by atoms with Crippen LogP contribution in [0.1, 0.15) is 158 Å². The summed E-state index contributed by atoms with van der Waals surface area (Å²) in [6.07, 6.45) is 2.00. The fourth-order valence-electron chi connectivity index (χ4n) is 8.07. The summed E-state index contributed by atoms with van der Waals surface area (Å²) in [6, 6.07) is 27.5. The van der Waals surface area contributed by atoms with Gasteiger partial charge in [-0.2, -0.15) is 0 Å². The number of hydrogen-bond acceptors (Lipinski definition) is 3. The minimum Gasteiger partial charge on any atom is -0.256 e. The largest absolute Gasteiger partial charge is 0.256 e. The maximum absolute atomic E-state index is 5.40. The lowest BCUT2D eigenvalue weighted by molar-refractivity contribution is 0.125. The van der Waals surface area contributed by atoms with Crippen LogP contribution in [0.4, 0.5) is 0 Å². The zero-order chi connectivity index (χ0) is 40.9. The molecule has 3 heteroatoms. The summed E-state index contributed by atoms with van der Waals surface area (Å²) in [5.74, 6) is 0.734. The molecule has 1 aliphatic carbocycles. The van der Waals surface area contributed by atoms with Crippen LogP contribution in [0.3, 0.4) is 0 Å². The van der Waals surface area contributed by atoms with Gasteiger partial charge in [0, 0.05) is 28.5 Å². The molecule has 6 rings (SSSR count). The number of aromatic nitrogens is 3. The molecule has 3 nitrogen and oxygen atoms in total. The van der Waals surface area contributed by atoms with Gasteiger partial charge in [-0.3, -0.25) is 4.98 Å². The number of nitrogens with zero attached hydrogens (tertiary/aromatic N) is 3. The molecule has 0 spiro atoms. The average molecular weight is 734 g/mol. The first-order valence-corrected chi connectivity index (χ1v) is 20.4. The first kappa shape index (κ1) is 40.6. The first-order chi connectivity index (χ1) is 25.0. The zero-order valence-electron chi connectivity index (χ0n) is 37.3. The lowest BCUT2D eigenvalue weighted by Crippen LogP contribution is -2.42. The van der Waals surface area contributed by atoms with E-state index in [1.54, 1.807) is 0 Å². The number of hydrogen-bond donors (Lipinski definition) is 0. The summed E-state index contributed by atoms with van der Waals surface area (Å²) < 4.78 is 0. The molecule has 3 aromatic carbocycles. The lowest BCUT2D eigenvalue weighted by Gasteiger charge is -2.44. The van der Waals surface area contributed by atoms with E-state index in [0.29, 0.717) is 0 Å². The van der Waals surface area contributed by atoms with E-state index in [0.717, 1.165) is 45.2 Å². The Balaban J connectivity index is 1.54. The third-order valence-electron chi connectivity index (χ3n) is 13.5. The Morgan fingerprint density at radius 3 is 1.24 bits per heavy atom. The van der Waals surface area contributed by atoms with Crippen molar-refractivity contribution in [3.63, 3.8) is 0 Å². The number of rotatable bonds is 4. The van der Waals surface area contributed by atoms with Crippen molar-refractivity contribution in [2.75, 3.05) is 0 Å². The van der Waals surface area contributed by atoms with Crippen LogP contribution in [-0.4, -0.2) is 15.0 Å². The van der Waals surface area contributed by atoms with Crippen molar-refractivity contribution in [3.8, 4) is 45.2 Å². The Morgan fingerprint density at radius 2 is 0.800 bits per heavy atom. The normalized spacial score (nSPS) is 16.6. The maximum atomic E-state index is 5.40. The van der Waals surface area contributed by atoms with Gasteiger partial charge in [0.15, 0.2) is 5.82 Å². The third kappa shape index (κ3) is 7.34. The third-order valence-corrected chi connectivity index (χ3v) is 13.5. The van der Waals surface area contributed by atoms with Crippen LogP contribution < -0.4 is 0 Å². The first-order valence-electron chi connectivity index (χ1n) is 20.4. The molecule has 0 N–H and O–H groups in total. The van der Waals surface area contributed by atoms with Gasteiger partial charge in [0.1, 0.15) is 0 Å². The highest BCUT2D eigenvalue weighted by atomic mass is 14.9. The van der Waals surface area contributed by atoms with Crippen molar-refractivity contribution < 1.29 is 0 Å². The molecule has 55 heavy (non-hydrogen) atoms. The summed E-state index contributed by atoms with van der Waals surface area (Å²) in [6.45, 7) is 41.8. The fraction of sp³-hybridized carbons (Fsp3) is 0.481. The summed E-state index contributed by atoms with van der Waals surface area (Å²) in [5, 5.41) is 0. The monoisotopic (exact) mass is 734 g/mol. The highest BCUT2D eigenvalue weighted by Crippen LogP contribution is 2.61. The summed E-state index contributed by atoms with van der Waals surface area (Å²) in [7, 11) is 0. The predicted molar refractivity (Wildman–Crippen MR) is 236 cm³/mol. The van der Waals surface area contributed by atoms with Crippen LogP contribution in [0.5, 0.6) is 0 Å². The van der Waals surface area contributed by atoms with E-state index < -0.39 is 0 Å². The van der Waals surface area contributed by atoms with E-state index in [4.69, 9.17) is 15.0 Å². The second kappa shape index (κ2) is 13.0. The van der Waals surface area contributed by atoms with Gasteiger partial charge in [0.05, 0.1) is 17.1 Å². The van der Waals surface area contributed by atoms with Gasteiger partial charge in [-0.05, 0) is 120 Å². The lowest BCUT2D eigenvalue weighted by atomic mass is 9.59. The van der Waals surface area contributed by atoms with Crippen LogP contribution in [0, 0.1) is 5.41 Å². The van der Waals surface area contributed by atoms with Crippen molar-refractivity contribution in [1.82, 2.24) is 15.0 Å². The van der Waals surface area contributed by atoms with Crippen LogP contribution in [0.2, 0.25) is 0 Å². The highest BCUT2D eigenvalue weighted by Gasteiger charge is 2.56. The van der Waals surface area contributed by atoms with Gasteiger partial charge in [-0.25, -0.2) is 9.97 Å². The van der Waals surface area contributed by atoms with Gasteiger partial charge in [-0.1, -0.05) is 149 Å². The highest BCUT2D eigenvalue weighted by molar-refractivity contribution is 5.74. The van der Waals surface area contributed by atoms with E-state index in [2.05, 4.69) is 197 Å². The molecule has 290 valence electrons. The number of benzene rings is 3. The molecule has 0 bridgehead atoms. The minimum atomic E-state index is -0.0306. The second-order valence-electron chi connectivity index (χ2n) is 22.1. The molecular weight excluding hydrogens is 667 g/mol. The van der Waals surface area contributed by atoms with Gasteiger partial charge >= 0.3 is 0 Å². The Kier molecular flexibility index (Phi) is 9.56. The van der Waals surface area contributed by atoms with Gasteiger partial charge in [0.2, 0.25) is 0 Å². The van der Waals surface area contributed by atoms with E-state index in [1.807, 2.05) is 6.20 Å². The molecule has 0 aliphatic heterocycles. The quantitative estimate of drug-likeness (QED) is 0.185. The van der Waals surface area contributed by atoms with Crippen molar-refractivity contribution in [3.05, 3.63) is 112 Å². The molecule has 1 aliphatic rings. The molecule has 5 aromatic rings. The molecule has 0 atom stereocenters. The minimum absolute atomic E-state index is 0.0185. The van der Waals surface area contributed by atoms with Gasteiger partial charge in [0.25, 0.3) is 0 Å². The summed E-state index contributed by atoms with van der Waals surface area (Å²) in [5.41, 5.74) is 15.2. The molecule has 0 saturated heterocycles. The van der Waals surface area contributed by atoms with Crippen LogP contribution in [-0.2, 0) is 32.5 Å². The Bertz CT molecular complexity index is 2090. The topological polar surface area (TPSA) is 38.7 Å². The molecule has 0 radical (unpaired) electrons. The fourth-order valence-corrected chi connectivity index (χ4v) is 8.07. The van der Waals surface area contributed by atoms with Gasteiger partial charge < -0.3 is 0 Å². The second-order valence-corrected chi connectivity index (χ2v) is 22.1. The van der Waals surface area contributed by atoms with Crippen molar-refractivity contribution >= 4 is 0 Å². The number of fused-ring (bicyclic) bond motifs is 1. The van der Waals surface area contributed by atoms with Crippen molar-refractivity contribution in [1.29, 1.82) is 0 Å². The molecule has 2 aromatic heterocycles. The Hall–Kier alpha value is -4.11. The molecule has 0 unspecified atom stereocenters. The Morgan fingerprint density at radius 1 is 0.382 bits per heavy atom. The summed E-state index contributed by atoms with van der Waals surface area (Å²) in [4.78, 5) is 15.8. The average Bonchev–Trinajstić information content (AvgIpc) is 3.19. The summed E-state index contributed by atoms with van der Waals surface area (Å²) >= 11 is 0.